The summed E-state index contributed by atoms with van der Waals surface area (Å²) in [5.74, 6) is -0.783. The van der Waals surface area contributed by atoms with Crippen LogP contribution in [-0.2, 0) is 11.2 Å². The monoisotopic (exact) mass is 291 g/mol. The predicted molar refractivity (Wildman–Crippen MR) is 82.3 cm³/mol. The molecule has 2 aliphatic rings. The van der Waals surface area contributed by atoms with E-state index in [4.69, 9.17) is 5.11 Å². The second-order valence-corrected chi connectivity index (χ2v) is 6.23. The highest BCUT2D eigenvalue weighted by atomic mass is 16.4. The van der Waals surface area contributed by atoms with Crippen LogP contribution in [0.25, 0.3) is 0 Å². The summed E-state index contributed by atoms with van der Waals surface area (Å²) in [4.78, 5) is 12.7. The van der Waals surface area contributed by atoms with E-state index < -0.39 is 5.97 Å². The SMILES string of the molecule is CN1[C@@H]2CC[C@H]1CC(O)C2.Cc1ccc(CC(=O)O)cc1. The van der Waals surface area contributed by atoms with Crippen molar-refractivity contribution in [1.82, 2.24) is 4.90 Å². The van der Waals surface area contributed by atoms with Crippen molar-refractivity contribution in [2.75, 3.05) is 7.05 Å². The number of benzene rings is 1. The van der Waals surface area contributed by atoms with E-state index >= 15 is 0 Å². The summed E-state index contributed by atoms with van der Waals surface area (Å²) in [6.45, 7) is 1.98. The number of aliphatic hydroxyl groups is 1. The first-order chi connectivity index (χ1) is 9.95. The molecule has 2 aliphatic heterocycles. The number of carboxylic acid groups (broad SMARTS) is 1. The van der Waals surface area contributed by atoms with Crippen LogP contribution in [0.3, 0.4) is 0 Å². The number of aryl methyl sites for hydroxylation is 1. The predicted octanol–water partition coefficient (Wildman–Crippen LogP) is 2.23. The van der Waals surface area contributed by atoms with Crippen molar-refractivity contribution in [3.8, 4) is 0 Å². The van der Waals surface area contributed by atoms with E-state index in [1.165, 1.54) is 12.8 Å². The first-order valence-corrected chi connectivity index (χ1v) is 7.63. The number of carboxylic acids is 1. The molecule has 0 aromatic heterocycles. The minimum atomic E-state index is -0.783. The molecule has 0 saturated carbocycles. The molecule has 116 valence electrons. The highest BCUT2D eigenvalue weighted by Gasteiger charge is 2.37. The van der Waals surface area contributed by atoms with Gasteiger partial charge in [-0.1, -0.05) is 29.8 Å². The van der Waals surface area contributed by atoms with Gasteiger partial charge in [-0.2, -0.15) is 0 Å². The van der Waals surface area contributed by atoms with Crippen molar-refractivity contribution in [1.29, 1.82) is 0 Å². The Morgan fingerprint density at radius 2 is 1.71 bits per heavy atom. The lowest BCUT2D eigenvalue weighted by atomic mass is 10.0. The average molecular weight is 291 g/mol. The fourth-order valence-electron chi connectivity index (χ4n) is 3.26. The van der Waals surface area contributed by atoms with E-state index in [9.17, 15) is 9.90 Å². The van der Waals surface area contributed by atoms with Crippen LogP contribution in [0.2, 0.25) is 0 Å². The lowest BCUT2D eigenvalue weighted by Crippen LogP contribution is -2.41. The Labute approximate surface area is 126 Å². The number of hydrogen-bond acceptors (Lipinski definition) is 3. The maximum absolute atomic E-state index is 10.3. The van der Waals surface area contributed by atoms with E-state index in [2.05, 4.69) is 11.9 Å². The maximum Gasteiger partial charge on any atom is 0.307 e. The minimum Gasteiger partial charge on any atom is -0.481 e. The standard InChI is InChI=1S/C9H10O2.C8H15NO/c1-7-2-4-8(5-3-7)6-9(10)11;1-9-6-2-3-7(9)5-8(10)4-6/h2-5H,6H2,1H3,(H,10,11);6-8,10H,2-5H2,1H3/t;6-,7+,8?. The average Bonchev–Trinajstić information content (AvgIpc) is 2.64. The largest absolute Gasteiger partial charge is 0.481 e. The summed E-state index contributed by atoms with van der Waals surface area (Å²) in [6, 6.07) is 8.88. The molecule has 1 aromatic carbocycles. The number of hydrogen-bond donors (Lipinski definition) is 2. The fraction of sp³-hybridized carbons (Fsp3) is 0.588. The number of nitrogens with zero attached hydrogens (tertiary/aromatic N) is 1. The van der Waals surface area contributed by atoms with Crippen LogP contribution in [0, 0.1) is 6.92 Å². The molecule has 21 heavy (non-hydrogen) atoms. The van der Waals surface area contributed by atoms with Crippen LogP contribution in [-0.4, -0.2) is 46.3 Å². The van der Waals surface area contributed by atoms with Gasteiger partial charge in [0, 0.05) is 12.1 Å². The molecule has 1 unspecified atom stereocenters. The Morgan fingerprint density at radius 1 is 1.19 bits per heavy atom. The van der Waals surface area contributed by atoms with E-state index in [1.54, 1.807) is 0 Å². The van der Waals surface area contributed by atoms with E-state index in [1.807, 2.05) is 31.2 Å². The number of carbonyl (C=O) groups is 1. The number of aliphatic hydroxyl groups excluding tert-OH is 1. The second-order valence-electron chi connectivity index (χ2n) is 6.23. The first-order valence-electron chi connectivity index (χ1n) is 7.63. The molecular formula is C17H25NO3. The molecule has 4 heteroatoms. The molecule has 2 heterocycles. The Bertz CT molecular complexity index is 457. The summed E-state index contributed by atoms with van der Waals surface area (Å²) in [6.07, 6.45) is 4.73. The Hall–Kier alpha value is -1.39. The summed E-state index contributed by atoms with van der Waals surface area (Å²) in [5.41, 5.74) is 2.00. The van der Waals surface area contributed by atoms with Gasteiger partial charge in [0.25, 0.3) is 0 Å². The van der Waals surface area contributed by atoms with Crippen molar-refractivity contribution in [3.63, 3.8) is 0 Å². The molecule has 0 spiro atoms. The number of piperidine rings is 1. The van der Waals surface area contributed by atoms with Gasteiger partial charge in [0.1, 0.15) is 0 Å². The second kappa shape index (κ2) is 7.05. The third-order valence-corrected chi connectivity index (χ3v) is 4.55. The minimum absolute atomic E-state index is 0.00583. The summed E-state index contributed by atoms with van der Waals surface area (Å²) >= 11 is 0. The highest BCUT2D eigenvalue weighted by molar-refractivity contribution is 5.70. The molecule has 0 aliphatic carbocycles. The molecule has 2 bridgehead atoms. The van der Waals surface area contributed by atoms with E-state index in [-0.39, 0.29) is 12.5 Å². The third kappa shape index (κ3) is 4.55. The topological polar surface area (TPSA) is 60.8 Å². The van der Waals surface area contributed by atoms with Gasteiger partial charge in [-0.05, 0) is 45.2 Å². The normalized spacial score (nSPS) is 27.9. The van der Waals surface area contributed by atoms with Gasteiger partial charge in [0.15, 0.2) is 0 Å². The molecule has 1 aromatic rings. The van der Waals surface area contributed by atoms with Crippen LogP contribution in [0.1, 0.15) is 36.8 Å². The molecule has 3 rings (SSSR count). The van der Waals surface area contributed by atoms with Gasteiger partial charge in [-0.15, -0.1) is 0 Å². The molecule has 2 saturated heterocycles. The van der Waals surface area contributed by atoms with Crippen molar-refractivity contribution in [3.05, 3.63) is 35.4 Å². The van der Waals surface area contributed by atoms with Crippen LogP contribution in [0.15, 0.2) is 24.3 Å². The van der Waals surface area contributed by atoms with Gasteiger partial charge >= 0.3 is 5.97 Å². The fourth-order valence-corrected chi connectivity index (χ4v) is 3.26. The first kappa shape index (κ1) is 16.0. The molecule has 0 radical (unpaired) electrons. The number of rotatable bonds is 2. The molecule has 2 N–H and O–H groups in total. The zero-order valence-corrected chi connectivity index (χ0v) is 12.8. The molecule has 3 atom stereocenters. The number of fused-ring (bicyclic) bond motifs is 2. The van der Waals surface area contributed by atoms with Gasteiger partial charge in [-0.3, -0.25) is 4.79 Å². The molecule has 4 nitrogen and oxygen atoms in total. The summed E-state index contributed by atoms with van der Waals surface area (Å²) in [5, 5.41) is 17.8. The maximum atomic E-state index is 10.3. The Kier molecular flexibility index (Phi) is 5.37. The van der Waals surface area contributed by atoms with Gasteiger partial charge in [0.05, 0.1) is 12.5 Å². The smallest absolute Gasteiger partial charge is 0.307 e. The highest BCUT2D eigenvalue weighted by Crippen LogP contribution is 2.33. The van der Waals surface area contributed by atoms with E-state index in [0.717, 1.165) is 24.0 Å². The van der Waals surface area contributed by atoms with Gasteiger partial charge < -0.3 is 15.1 Å². The van der Waals surface area contributed by atoms with Crippen molar-refractivity contribution in [2.45, 2.75) is 57.2 Å². The third-order valence-electron chi connectivity index (χ3n) is 4.55. The number of aliphatic carboxylic acids is 1. The van der Waals surface area contributed by atoms with Crippen molar-refractivity contribution >= 4 is 5.97 Å². The van der Waals surface area contributed by atoms with Crippen molar-refractivity contribution < 1.29 is 15.0 Å². The molecular weight excluding hydrogens is 266 g/mol. The Morgan fingerprint density at radius 3 is 2.19 bits per heavy atom. The summed E-state index contributed by atoms with van der Waals surface area (Å²) < 4.78 is 0. The zero-order chi connectivity index (χ0) is 15.4. The van der Waals surface area contributed by atoms with Crippen LogP contribution >= 0.6 is 0 Å². The van der Waals surface area contributed by atoms with Crippen molar-refractivity contribution in [2.24, 2.45) is 0 Å². The lowest BCUT2D eigenvalue weighted by molar-refractivity contribution is -0.136. The summed E-state index contributed by atoms with van der Waals surface area (Å²) in [7, 11) is 2.19. The van der Waals surface area contributed by atoms with Gasteiger partial charge in [0.2, 0.25) is 0 Å². The quantitative estimate of drug-likeness (QED) is 0.877. The Balaban J connectivity index is 0.000000154. The van der Waals surface area contributed by atoms with Crippen LogP contribution in [0.4, 0.5) is 0 Å². The lowest BCUT2D eigenvalue weighted by Gasteiger charge is -2.33. The van der Waals surface area contributed by atoms with Crippen LogP contribution in [0.5, 0.6) is 0 Å². The molecule has 0 amide bonds. The van der Waals surface area contributed by atoms with Crippen LogP contribution < -0.4 is 0 Å². The molecule has 2 fully saturated rings. The van der Waals surface area contributed by atoms with Gasteiger partial charge in [-0.25, -0.2) is 0 Å². The van der Waals surface area contributed by atoms with E-state index in [0.29, 0.717) is 12.1 Å². The zero-order valence-electron chi connectivity index (χ0n) is 12.8.